The van der Waals surface area contributed by atoms with E-state index in [1.807, 2.05) is 6.92 Å². The average molecular weight is 241 g/mol. The molecule has 0 aliphatic carbocycles. The summed E-state index contributed by atoms with van der Waals surface area (Å²) in [7, 11) is 0. The Bertz CT molecular complexity index is 93.7. The van der Waals surface area contributed by atoms with Crippen molar-refractivity contribution in [3.63, 3.8) is 0 Å². The molecule has 0 aromatic heterocycles. The lowest BCUT2D eigenvalue weighted by atomic mass is 10.1. The topological polar surface area (TPSA) is 32.3 Å². The van der Waals surface area contributed by atoms with E-state index in [1.165, 1.54) is 6.42 Å². The van der Waals surface area contributed by atoms with Crippen LogP contribution in [0.25, 0.3) is 0 Å². The minimum Gasteiger partial charge on any atom is -0.378 e. The normalized spacial score (nSPS) is 34.3. The van der Waals surface area contributed by atoms with Crippen LogP contribution in [-0.4, -0.2) is 21.3 Å². The van der Waals surface area contributed by atoms with Crippen LogP contribution in [0.3, 0.4) is 0 Å². The minimum absolute atomic E-state index is 0.304. The fourth-order valence-corrected chi connectivity index (χ4v) is 1.67. The second-order valence-corrected chi connectivity index (χ2v) is 4.86. The van der Waals surface area contributed by atoms with Gasteiger partial charge in [-0.15, -0.1) is 0 Å². The van der Waals surface area contributed by atoms with Gasteiger partial charge < -0.3 is 10.4 Å². The molecule has 1 saturated heterocycles. The molecule has 9 heavy (non-hydrogen) atoms. The fourth-order valence-electron chi connectivity index (χ4n) is 1.13. The van der Waals surface area contributed by atoms with Crippen LogP contribution in [0.1, 0.15) is 19.8 Å². The molecule has 0 radical (unpaired) electrons. The maximum absolute atomic E-state index is 9.44. The van der Waals surface area contributed by atoms with Gasteiger partial charge in [-0.2, -0.15) is 0 Å². The van der Waals surface area contributed by atoms with Crippen molar-refractivity contribution in [3.05, 3.63) is 0 Å². The van der Waals surface area contributed by atoms with Crippen LogP contribution in [0.15, 0.2) is 0 Å². The Morgan fingerprint density at radius 1 is 1.78 bits per heavy atom. The Morgan fingerprint density at radius 2 is 2.44 bits per heavy atom. The highest BCUT2D eigenvalue weighted by Gasteiger charge is 2.30. The molecule has 2 N–H and O–H groups in total. The van der Waals surface area contributed by atoms with E-state index in [1.54, 1.807) is 0 Å². The molecule has 1 fully saturated rings. The molecule has 2 atom stereocenters. The second-order valence-electron chi connectivity index (χ2n) is 2.67. The Hall–Kier alpha value is 0.650. The lowest BCUT2D eigenvalue weighted by molar-refractivity contribution is 0.137. The largest absolute Gasteiger partial charge is 0.378 e. The molecule has 0 aromatic rings. The van der Waals surface area contributed by atoms with Crippen LogP contribution in [0.5, 0.6) is 0 Å². The van der Waals surface area contributed by atoms with Gasteiger partial charge >= 0.3 is 0 Å². The molecule has 1 unspecified atom stereocenters. The van der Waals surface area contributed by atoms with E-state index in [-0.39, 0.29) is 0 Å². The number of hydrogen-bond donors (Lipinski definition) is 2. The van der Waals surface area contributed by atoms with Crippen LogP contribution in [0.4, 0.5) is 0 Å². The van der Waals surface area contributed by atoms with E-state index in [2.05, 4.69) is 27.9 Å². The first kappa shape index (κ1) is 7.75. The highest BCUT2D eigenvalue weighted by Crippen LogP contribution is 2.24. The third-order valence-electron chi connectivity index (χ3n) is 1.70. The van der Waals surface area contributed by atoms with Crippen LogP contribution < -0.4 is 5.32 Å². The van der Waals surface area contributed by atoms with E-state index in [0.717, 1.165) is 13.0 Å². The highest BCUT2D eigenvalue weighted by molar-refractivity contribution is 14.1. The van der Waals surface area contributed by atoms with Crippen molar-refractivity contribution in [1.29, 1.82) is 0 Å². The number of nitrogens with one attached hydrogen (secondary N) is 1. The van der Waals surface area contributed by atoms with Crippen molar-refractivity contribution in [2.24, 2.45) is 0 Å². The molecule has 0 amide bonds. The molecule has 1 aliphatic heterocycles. The van der Waals surface area contributed by atoms with Crippen molar-refractivity contribution in [2.75, 3.05) is 6.54 Å². The second kappa shape index (κ2) is 2.72. The number of alkyl halides is 1. The van der Waals surface area contributed by atoms with Crippen molar-refractivity contribution >= 4 is 22.6 Å². The van der Waals surface area contributed by atoms with Gasteiger partial charge in [-0.3, -0.25) is 0 Å². The molecule has 0 aromatic carbocycles. The summed E-state index contributed by atoms with van der Waals surface area (Å²) in [5.41, 5.74) is 0. The molecular weight excluding hydrogens is 229 g/mol. The quantitative estimate of drug-likeness (QED) is 0.527. The van der Waals surface area contributed by atoms with E-state index in [9.17, 15) is 5.11 Å². The van der Waals surface area contributed by atoms with Gasteiger partial charge in [-0.25, -0.2) is 0 Å². The van der Waals surface area contributed by atoms with Gasteiger partial charge in [0.1, 0.15) is 3.61 Å². The number of hydrogen-bond acceptors (Lipinski definition) is 2. The van der Waals surface area contributed by atoms with E-state index in [4.69, 9.17) is 0 Å². The lowest BCUT2D eigenvalue weighted by Crippen LogP contribution is -2.39. The maximum Gasteiger partial charge on any atom is 0.128 e. The Morgan fingerprint density at radius 3 is 2.67 bits per heavy atom. The SMILES string of the molecule is CC(O)(I)[C@@H]1CCCN1. The van der Waals surface area contributed by atoms with Crippen LogP contribution in [0, 0.1) is 0 Å². The standard InChI is InChI=1S/C6H12INO/c1-6(7,9)5-3-2-4-8-5/h5,8-9H,2-4H2,1H3/t5-,6?/m0/s1. The third-order valence-corrected chi connectivity index (χ3v) is 2.45. The number of halogens is 1. The molecule has 0 bridgehead atoms. The Labute approximate surface area is 69.2 Å². The van der Waals surface area contributed by atoms with Gasteiger partial charge in [-0.1, -0.05) is 0 Å². The molecule has 1 aliphatic rings. The molecule has 0 spiro atoms. The monoisotopic (exact) mass is 241 g/mol. The van der Waals surface area contributed by atoms with Crippen molar-refractivity contribution < 1.29 is 5.11 Å². The molecular formula is C6H12INO. The zero-order valence-corrected chi connectivity index (χ0v) is 7.68. The highest BCUT2D eigenvalue weighted by atomic mass is 127. The van der Waals surface area contributed by atoms with Gasteiger partial charge in [-0.05, 0) is 48.9 Å². The molecule has 1 rings (SSSR count). The van der Waals surface area contributed by atoms with Gasteiger partial charge in [0, 0.05) is 6.04 Å². The first-order valence-corrected chi connectivity index (χ1v) is 4.33. The summed E-state index contributed by atoms with van der Waals surface area (Å²) in [4.78, 5) is 0. The van der Waals surface area contributed by atoms with Gasteiger partial charge in [0.25, 0.3) is 0 Å². The van der Waals surface area contributed by atoms with Crippen molar-refractivity contribution in [2.45, 2.75) is 29.4 Å². The fraction of sp³-hybridized carbons (Fsp3) is 1.00. The summed E-state index contributed by atoms with van der Waals surface area (Å²) < 4.78 is -0.561. The molecule has 1 heterocycles. The summed E-state index contributed by atoms with van der Waals surface area (Å²) in [5, 5.41) is 12.7. The Kier molecular flexibility index (Phi) is 2.34. The summed E-state index contributed by atoms with van der Waals surface area (Å²) in [6.07, 6.45) is 2.31. The van der Waals surface area contributed by atoms with Crippen molar-refractivity contribution in [1.82, 2.24) is 5.32 Å². The first-order valence-electron chi connectivity index (χ1n) is 3.25. The average Bonchev–Trinajstić information content (AvgIpc) is 2.08. The maximum atomic E-state index is 9.44. The van der Waals surface area contributed by atoms with E-state index < -0.39 is 3.61 Å². The van der Waals surface area contributed by atoms with Gasteiger partial charge in [0.05, 0.1) is 0 Å². The van der Waals surface area contributed by atoms with E-state index in [0.29, 0.717) is 6.04 Å². The van der Waals surface area contributed by atoms with Gasteiger partial charge in [0.2, 0.25) is 0 Å². The smallest absolute Gasteiger partial charge is 0.128 e. The van der Waals surface area contributed by atoms with Crippen LogP contribution in [0.2, 0.25) is 0 Å². The van der Waals surface area contributed by atoms with Crippen LogP contribution in [-0.2, 0) is 0 Å². The summed E-state index contributed by atoms with van der Waals surface area (Å²) in [6, 6.07) is 0.304. The minimum atomic E-state index is -0.561. The first-order chi connectivity index (χ1) is 4.11. The molecule has 0 saturated carbocycles. The van der Waals surface area contributed by atoms with Gasteiger partial charge in [0.15, 0.2) is 0 Å². The Balaban J connectivity index is 2.42. The molecule has 3 heteroatoms. The third kappa shape index (κ3) is 2.05. The van der Waals surface area contributed by atoms with Crippen LogP contribution >= 0.6 is 22.6 Å². The van der Waals surface area contributed by atoms with E-state index >= 15 is 0 Å². The number of rotatable bonds is 1. The zero-order valence-electron chi connectivity index (χ0n) is 5.52. The number of aliphatic hydroxyl groups is 1. The summed E-state index contributed by atoms with van der Waals surface area (Å²) >= 11 is 2.07. The molecule has 54 valence electrons. The predicted molar refractivity (Wildman–Crippen MR) is 45.7 cm³/mol. The zero-order chi connectivity index (χ0) is 6.91. The summed E-state index contributed by atoms with van der Waals surface area (Å²) in [6.45, 7) is 2.90. The summed E-state index contributed by atoms with van der Waals surface area (Å²) in [5.74, 6) is 0. The molecule has 2 nitrogen and oxygen atoms in total. The predicted octanol–water partition coefficient (Wildman–Crippen LogP) is 0.882. The van der Waals surface area contributed by atoms with Crippen molar-refractivity contribution in [3.8, 4) is 0 Å². The lowest BCUT2D eigenvalue weighted by Gasteiger charge is -2.22.